The number of fused-ring (bicyclic) bond motifs is 3. The highest BCUT2D eigenvalue weighted by Crippen LogP contribution is 2.27. The molecule has 1 N–H and O–H groups in total. The number of hydrogen-bond acceptors (Lipinski definition) is 2. The summed E-state index contributed by atoms with van der Waals surface area (Å²) >= 11 is 0. The van der Waals surface area contributed by atoms with Crippen LogP contribution in [0, 0.1) is 17.8 Å². The largest absolute Gasteiger partial charge is 0.343 e. The van der Waals surface area contributed by atoms with E-state index in [0.717, 1.165) is 31.5 Å². The number of pyridine rings is 1. The minimum absolute atomic E-state index is 0.536. The molecule has 0 unspecified atom stereocenters. The van der Waals surface area contributed by atoms with E-state index in [2.05, 4.69) is 58.0 Å². The van der Waals surface area contributed by atoms with Crippen LogP contribution < -0.4 is 5.32 Å². The number of rotatable bonds is 0. The Balaban J connectivity index is 1.76. The monoisotopic (exact) mass is 289 g/mol. The molecule has 0 aliphatic carbocycles. The zero-order valence-corrected chi connectivity index (χ0v) is 12.8. The Kier molecular flexibility index (Phi) is 3.32. The summed E-state index contributed by atoms with van der Waals surface area (Å²) < 4.78 is 2.22. The van der Waals surface area contributed by atoms with Gasteiger partial charge in [-0.1, -0.05) is 17.9 Å². The molecule has 3 aromatic rings. The molecule has 22 heavy (non-hydrogen) atoms. The number of benzene rings is 1. The summed E-state index contributed by atoms with van der Waals surface area (Å²) in [4.78, 5) is 4.25. The van der Waals surface area contributed by atoms with E-state index in [9.17, 15) is 0 Å². The van der Waals surface area contributed by atoms with Crippen LogP contribution in [0.5, 0.6) is 0 Å². The Bertz CT molecular complexity index is 889. The van der Waals surface area contributed by atoms with Crippen LogP contribution in [0.4, 0.5) is 0 Å². The molecule has 1 aromatic carbocycles. The Morgan fingerprint density at radius 2 is 2.00 bits per heavy atom. The number of nitrogens with zero attached hydrogens (tertiary/aromatic N) is 2. The van der Waals surface area contributed by atoms with Crippen LogP contribution >= 0.6 is 0 Å². The highest BCUT2D eigenvalue weighted by molar-refractivity contribution is 6.07. The maximum Gasteiger partial charge on any atom is 0.0519 e. The van der Waals surface area contributed by atoms with Gasteiger partial charge in [-0.25, -0.2) is 0 Å². The molecule has 4 rings (SSSR count). The zero-order chi connectivity index (χ0) is 14.9. The topological polar surface area (TPSA) is 29.9 Å². The summed E-state index contributed by atoms with van der Waals surface area (Å²) in [6.07, 6.45) is 6.11. The molecule has 2 aromatic heterocycles. The van der Waals surface area contributed by atoms with E-state index in [0.29, 0.717) is 5.92 Å². The molecule has 0 bridgehead atoms. The number of piperidine rings is 1. The highest BCUT2D eigenvalue weighted by atomic mass is 14.9. The smallest absolute Gasteiger partial charge is 0.0519 e. The summed E-state index contributed by atoms with van der Waals surface area (Å²) in [6.45, 7) is 2.18. The van der Waals surface area contributed by atoms with Gasteiger partial charge in [0.15, 0.2) is 0 Å². The van der Waals surface area contributed by atoms with Gasteiger partial charge in [-0.3, -0.25) is 4.98 Å². The first-order valence-corrected chi connectivity index (χ1v) is 7.87. The first-order valence-electron chi connectivity index (χ1n) is 7.87. The lowest BCUT2D eigenvalue weighted by atomic mass is 9.98. The van der Waals surface area contributed by atoms with Gasteiger partial charge in [0.05, 0.1) is 11.0 Å². The van der Waals surface area contributed by atoms with Crippen molar-refractivity contribution in [3.63, 3.8) is 0 Å². The summed E-state index contributed by atoms with van der Waals surface area (Å²) in [5.41, 5.74) is 3.54. The summed E-state index contributed by atoms with van der Waals surface area (Å²) in [6, 6.07) is 8.56. The third kappa shape index (κ3) is 2.26. The Labute approximate surface area is 130 Å². The highest BCUT2D eigenvalue weighted by Gasteiger charge is 2.10. The van der Waals surface area contributed by atoms with E-state index < -0.39 is 0 Å². The molecule has 0 saturated carbocycles. The fourth-order valence-electron chi connectivity index (χ4n) is 3.28. The van der Waals surface area contributed by atoms with Gasteiger partial charge in [-0.15, -0.1) is 0 Å². The van der Waals surface area contributed by atoms with Gasteiger partial charge in [0.2, 0.25) is 0 Å². The third-order valence-electron chi connectivity index (χ3n) is 4.57. The van der Waals surface area contributed by atoms with E-state index >= 15 is 0 Å². The lowest BCUT2D eigenvalue weighted by Crippen LogP contribution is -2.26. The lowest BCUT2D eigenvalue weighted by molar-refractivity contribution is 0.447. The van der Waals surface area contributed by atoms with Gasteiger partial charge >= 0.3 is 0 Å². The van der Waals surface area contributed by atoms with Crippen LogP contribution in [0.1, 0.15) is 18.4 Å². The Hall–Kier alpha value is -2.31. The lowest BCUT2D eigenvalue weighted by Gasteiger charge is -2.17. The first-order chi connectivity index (χ1) is 10.8. The molecule has 1 saturated heterocycles. The van der Waals surface area contributed by atoms with Crippen LogP contribution in [-0.2, 0) is 7.05 Å². The second-order valence-electron chi connectivity index (χ2n) is 5.98. The number of aryl methyl sites for hydroxylation is 1. The molecule has 0 amide bonds. The van der Waals surface area contributed by atoms with Gasteiger partial charge in [-0.2, -0.15) is 0 Å². The summed E-state index contributed by atoms with van der Waals surface area (Å²) in [7, 11) is 2.11. The number of nitrogens with one attached hydrogen (secondary N) is 1. The Morgan fingerprint density at radius 1 is 1.14 bits per heavy atom. The van der Waals surface area contributed by atoms with Crippen molar-refractivity contribution >= 4 is 21.8 Å². The molecule has 1 aliphatic heterocycles. The maximum absolute atomic E-state index is 4.25. The molecule has 0 spiro atoms. The molecule has 0 radical (unpaired) electrons. The molecule has 1 aliphatic rings. The molecule has 3 heteroatoms. The van der Waals surface area contributed by atoms with Crippen molar-refractivity contribution < 1.29 is 0 Å². The predicted octanol–water partition coefficient (Wildman–Crippen LogP) is 3.08. The van der Waals surface area contributed by atoms with E-state index in [-0.39, 0.29) is 0 Å². The van der Waals surface area contributed by atoms with Crippen molar-refractivity contribution in [3.05, 3.63) is 42.2 Å². The normalized spacial score (nSPS) is 15.9. The summed E-state index contributed by atoms with van der Waals surface area (Å²) in [5.74, 6) is 7.35. The van der Waals surface area contributed by atoms with Crippen molar-refractivity contribution in [1.29, 1.82) is 0 Å². The number of hydrogen-bond donors (Lipinski definition) is 1. The molecule has 110 valence electrons. The molecule has 3 heterocycles. The average molecular weight is 289 g/mol. The second kappa shape index (κ2) is 5.47. The average Bonchev–Trinajstić information content (AvgIpc) is 2.87. The zero-order valence-electron chi connectivity index (χ0n) is 12.8. The van der Waals surface area contributed by atoms with Crippen molar-refractivity contribution in [3.8, 4) is 11.8 Å². The SMILES string of the molecule is Cn1c2ccncc2c2ccc(C#CC3CCNCC3)cc21. The van der Waals surface area contributed by atoms with Crippen LogP contribution in [0.15, 0.2) is 36.7 Å². The standard InChI is InChI=1S/C19H19N3/c1-22-18-8-11-21-13-17(18)16-5-4-15(12-19(16)22)3-2-14-6-9-20-10-7-14/h4-5,8,11-14,20H,6-7,9-10H2,1H3. The molecule has 3 nitrogen and oxygen atoms in total. The van der Waals surface area contributed by atoms with E-state index in [4.69, 9.17) is 0 Å². The minimum Gasteiger partial charge on any atom is -0.343 e. The van der Waals surface area contributed by atoms with Crippen LogP contribution in [0.25, 0.3) is 21.8 Å². The quantitative estimate of drug-likeness (QED) is 0.645. The fraction of sp³-hybridized carbons (Fsp3) is 0.316. The first kappa shape index (κ1) is 13.4. The fourth-order valence-corrected chi connectivity index (χ4v) is 3.28. The second-order valence-corrected chi connectivity index (χ2v) is 5.98. The molecule has 0 atom stereocenters. The maximum atomic E-state index is 4.25. The molecular formula is C19H19N3. The van der Waals surface area contributed by atoms with Gasteiger partial charge in [0.25, 0.3) is 0 Å². The van der Waals surface area contributed by atoms with Crippen LogP contribution in [0.2, 0.25) is 0 Å². The third-order valence-corrected chi connectivity index (χ3v) is 4.57. The van der Waals surface area contributed by atoms with E-state index in [1.165, 1.54) is 21.8 Å². The minimum atomic E-state index is 0.536. The van der Waals surface area contributed by atoms with E-state index in [1.807, 2.05) is 12.4 Å². The molecular weight excluding hydrogens is 270 g/mol. The van der Waals surface area contributed by atoms with Gasteiger partial charge in [0.1, 0.15) is 0 Å². The predicted molar refractivity (Wildman–Crippen MR) is 90.7 cm³/mol. The van der Waals surface area contributed by atoms with Gasteiger partial charge in [0, 0.05) is 41.7 Å². The van der Waals surface area contributed by atoms with Gasteiger partial charge in [-0.05, 0) is 44.1 Å². The molecule has 1 fully saturated rings. The van der Waals surface area contributed by atoms with Crippen LogP contribution in [-0.4, -0.2) is 22.6 Å². The van der Waals surface area contributed by atoms with Crippen molar-refractivity contribution in [2.75, 3.05) is 13.1 Å². The van der Waals surface area contributed by atoms with Crippen molar-refractivity contribution in [1.82, 2.24) is 14.9 Å². The Morgan fingerprint density at radius 3 is 2.86 bits per heavy atom. The van der Waals surface area contributed by atoms with Crippen molar-refractivity contribution in [2.45, 2.75) is 12.8 Å². The number of aromatic nitrogens is 2. The van der Waals surface area contributed by atoms with Gasteiger partial charge < -0.3 is 9.88 Å². The van der Waals surface area contributed by atoms with Crippen LogP contribution in [0.3, 0.4) is 0 Å². The van der Waals surface area contributed by atoms with E-state index in [1.54, 1.807) is 0 Å². The van der Waals surface area contributed by atoms with Crippen molar-refractivity contribution in [2.24, 2.45) is 13.0 Å². The summed E-state index contributed by atoms with van der Waals surface area (Å²) in [5, 5.41) is 5.84.